The molecule has 1 heterocycles. The fourth-order valence-electron chi connectivity index (χ4n) is 2.92. The SMILES string of the molecule is CCN(c1cccc(C)c1)c1ccc(C(=O)NCCc2ccccc2)nn1. The van der Waals surface area contributed by atoms with Gasteiger partial charge in [-0.3, -0.25) is 4.79 Å². The van der Waals surface area contributed by atoms with Gasteiger partial charge in [0, 0.05) is 18.8 Å². The molecule has 138 valence electrons. The average Bonchev–Trinajstić information content (AvgIpc) is 2.70. The van der Waals surface area contributed by atoms with Gasteiger partial charge in [-0.15, -0.1) is 10.2 Å². The van der Waals surface area contributed by atoms with Crippen LogP contribution in [-0.2, 0) is 6.42 Å². The van der Waals surface area contributed by atoms with Crippen LogP contribution >= 0.6 is 0 Å². The molecule has 0 bridgehead atoms. The lowest BCUT2D eigenvalue weighted by Crippen LogP contribution is -2.27. The molecule has 1 N–H and O–H groups in total. The molecular formula is C22H24N4O. The van der Waals surface area contributed by atoms with E-state index in [1.54, 1.807) is 6.07 Å². The molecule has 0 unspecified atom stereocenters. The van der Waals surface area contributed by atoms with Crippen LogP contribution in [0.1, 0.15) is 28.5 Å². The zero-order chi connectivity index (χ0) is 19.1. The first-order valence-electron chi connectivity index (χ1n) is 9.17. The van der Waals surface area contributed by atoms with Crippen molar-refractivity contribution in [1.29, 1.82) is 0 Å². The van der Waals surface area contributed by atoms with Crippen LogP contribution in [0.2, 0.25) is 0 Å². The van der Waals surface area contributed by atoms with Crippen molar-refractivity contribution in [2.24, 2.45) is 0 Å². The molecule has 0 saturated heterocycles. The lowest BCUT2D eigenvalue weighted by Gasteiger charge is -2.22. The van der Waals surface area contributed by atoms with Gasteiger partial charge in [0.25, 0.3) is 5.91 Å². The number of hydrogen-bond donors (Lipinski definition) is 1. The molecule has 1 amide bonds. The van der Waals surface area contributed by atoms with E-state index < -0.39 is 0 Å². The van der Waals surface area contributed by atoms with Crippen molar-refractivity contribution >= 4 is 17.4 Å². The minimum absolute atomic E-state index is 0.205. The summed E-state index contributed by atoms with van der Waals surface area (Å²) in [5.41, 5.74) is 3.77. The Balaban J connectivity index is 1.62. The monoisotopic (exact) mass is 360 g/mol. The molecule has 0 radical (unpaired) electrons. The van der Waals surface area contributed by atoms with Crippen molar-refractivity contribution < 1.29 is 4.79 Å². The van der Waals surface area contributed by atoms with E-state index in [1.807, 2.05) is 48.5 Å². The summed E-state index contributed by atoms with van der Waals surface area (Å²) in [6.45, 7) is 5.46. The molecular weight excluding hydrogens is 336 g/mol. The van der Waals surface area contributed by atoms with E-state index in [4.69, 9.17) is 0 Å². The second-order valence-electron chi connectivity index (χ2n) is 6.35. The van der Waals surface area contributed by atoms with Crippen LogP contribution in [0.25, 0.3) is 0 Å². The number of hydrogen-bond acceptors (Lipinski definition) is 4. The lowest BCUT2D eigenvalue weighted by molar-refractivity contribution is 0.0948. The Kier molecular flexibility index (Phi) is 6.15. The maximum absolute atomic E-state index is 12.3. The minimum atomic E-state index is -0.205. The third-order valence-corrected chi connectivity index (χ3v) is 4.33. The van der Waals surface area contributed by atoms with E-state index in [0.29, 0.717) is 12.2 Å². The van der Waals surface area contributed by atoms with Crippen LogP contribution in [0.3, 0.4) is 0 Å². The van der Waals surface area contributed by atoms with Crippen LogP contribution in [-0.4, -0.2) is 29.2 Å². The standard InChI is InChI=1S/C22H24N4O/c1-3-26(19-11-7-8-17(2)16-19)21-13-12-20(24-25-21)22(27)23-15-14-18-9-5-4-6-10-18/h4-13,16H,3,14-15H2,1-2H3,(H,23,27). The summed E-state index contributed by atoms with van der Waals surface area (Å²) in [6, 6.07) is 21.9. The quantitative estimate of drug-likeness (QED) is 0.694. The number of anilines is 2. The average molecular weight is 360 g/mol. The van der Waals surface area contributed by atoms with Crippen molar-refractivity contribution in [2.45, 2.75) is 20.3 Å². The second kappa shape index (κ2) is 8.94. The zero-order valence-electron chi connectivity index (χ0n) is 15.7. The maximum atomic E-state index is 12.3. The van der Waals surface area contributed by atoms with Gasteiger partial charge < -0.3 is 10.2 Å². The Morgan fingerprint density at radius 2 is 1.81 bits per heavy atom. The smallest absolute Gasteiger partial charge is 0.271 e. The number of aromatic nitrogens is 2. The summed E-state index contributed by atoms with van der Waals surface area (Å²) in [7, 11) is 0. The number of carbonyl (C=O) groups excluding carboxylic acids is 1. The molecule has 2 aromatic carbocycles. The summed E-state index contributed by atoms with van der Waals surface area (Å²) < 4.78 is 0. The van der Waals surface area contributed by atoms with Gasteiger partial charge in [0.1, 0.15) is 0 Å². The van der Waals surface area contributed by atoms with Crippen LogP contribution < -0.4 is 10.2 Å². The molecule has 5 nitrogen and oxygen atoms in total. The van der Waals surface area contributed by atoms with Gasteiger partial charge in [-0.05, 0) is 55.7 Å². The predicted octanol–water partition coefficient (Wildman–Crippen LogP) is 3.92. The highest BCUT2D eigenvalue weighted by atomic mass is 16.1. The summed E-state index contributed by atoms with van der Waals surface area (Å²) >= 11 is 0. The molecule has 5 heteroatoms. The van der Waals surface area contributed by atoms with E-state index in [-0.39, 0.29) is 5.91 Å². The lowest BCUT2D eigenvalue weighted by atomic mass is 10.1. The van der Waals surface area contributed by atoms with Crippen LogP contribution in [0.4, 0.5) is 11.5 Å². The van der Waals surface area contributed by atoms with Crippen LogP contribution in [0, 0.1) is 6.92 Å². The maximum Gasteiger partial charge on any atom is 0.271 e. The second-order valence-corrected chi connectivity index (χ2v) is 6.35. The third kappa shape index (κ3) is 4.91. The van der Waals surface area contributed by atoms with E-state index >= 15 is 0 Å². The number of amides is 1. The summed E-state index contributed by atoms with van der Waals surface area (Å²) in [5, 5.41) is 11.3. The molecule has 3 aromatic rings. The van der Waals surface area contributed by atoms with Crippen molar-refractivity contribution in [1.82, 2.24) is 15.5 Å². The number of nitrogens with one attached hydrogen (secondary N) is 1. The Morgan fingerprint density at radius 3 is 2.48 bits per heavy atom. The molecule has 1 aromatic heterocycles. The van der Waals surface area contributed by atoms with Crippen LogP contribution in [0.15, 0.2) is 66.7 Å². The number of rotatable bonds is 7. The van der Waals surface area contributed by atoms with E-state index in [2.05, 4.69) is 46.4 Å². The molecule has 0 spiro atoms. The highest BCUT2D eigenvalue weighted by Crippen LogP contribution is 2.23. The van der Waals surface area contributed by atoms with Gasteiger partial charge in [-0.2, -0.15) is 0 Å². The molecule has 0 aliphatic carbocycles. The topological polar surface area (TPSA) is 58.1 Å². The van der Waals surface area contributed by atoms with Crippen molar-refractivity contribution in [2.75, 3.05) is 18.0 Å². The van der Waals surface area contributed by atoms with E-state index in [1.165, 1.54) is 11.1 Å². The van der Waals surface area contributed by atoms with Crippen molar-refractivity contribution in [3.05, 3.63) is 83.6 Å². The van der Waals surface area contributed by atoms with Gasteiger partial charge in [-0.1, -0.05) is 42.5 Å². The molecule has 0 aliphatic rings. The Bertz CT molecular complexity index is 878. The minimum Gasteiger partial charge on any atom is -0.350 e. The Labute approximate surface area is 160 Å². The van der Waals surface area contributed by atoms with Gasteiger partial charge in [-0.25, -0.2) is 0 Å². The number of carbonyl (C=O) groups is 1. The van der Waals surface area contributed by atoms with Gasteiger partial charge in [0.15, 0.2) is 11.5 Å². The fourth-order valence-corrected chi connectivity index (χ4v) is 2.92. The summed E-state index contributed by atoms with van der Waals surface area (Å²) in [6.07, 6.45) is 0.787. The number of benzene rings is 2. The fraction of sp³-hybridized carbons (Fsp3) is 0.227. The van der Waals surface area contributed by atoms with Crippen molar-refractivity contribution in [3.8, 4) is 0 Å². The number of nitrogens with zero attached hydrogens (tertiary/aromatic N) is 3. The first kappa shape index (κ1) is 18.6. The Morgan fingerprint density at radius 1 is 1.00 bits per heavy atom. The van der Waals surface area contributed by atoms with Gasteiger partial charge in [0.05, 0.1) is 0 Å². The predicted molar refractivity (Wildman–Crippen MR) is 108 cm³/mol. The molecule has 27 heavy (non-hydrogen) atoms. The highest BCUT2D eigenvalue weighted by molar-refractivity contribution is 5.92. The molecule has 0 atom stereocenters. The first-order valence-corrected chi connectivity index (χ1v) is 9.17. The normalized spacial score (nSPS) is 10.4. The van der Waals surface area contributed by atoms with Crippen LogP contribution in [0.5, 0.6) is 0 Å². The molecule has 0 saturated carbocycles. The number of aryl methyl sites for hydroxylation is 1. The Hall–Kier alpha value is -3.21. The zero-order valence-corrected chi connectivity index (χ0v) is 15.7. The highest BCUT2D eigenvalue weighted by Gasteiger charge is 2.12. The third-order valence-electron chi connectivity index (χ3n) is 4.33. The first-order chi connectivity index (χ1) is 13.2. The van der Waals surface area contributed by atoms with Gasteiger partial charge >= 0.3 is 0 Å². The summed E-state index contributed by atoms with van der Waals surface area (Å²) in [4.78, 5) is 14.3. The van der Waals surface area contributed by atoms with Gasteiger partial charge in [0.2, 0.25) is 0 Å². The largest absolute Gasteiger partial charge is 0.350 e. The molecule has 0 fully saturated rings. The molecule has 0 aliphatic heterocycles. The van der Waals surface area contributed by atoms with E-state index in [9.17, 15) is 4.79 Å². The summed E-state index contributed by atoms with van der Waals surface area (Å²) in [5.74, 6) is 0.521. The van der Waals surface area contributed by atoms with E-state index in [0.717, 1.165) is 24.5 Å². The van der Waals surface area contributed by atoms with Crippen molar-refractivity contribution in [3.63, 3.8) is 0 Å². The molecule has 3 rings (SSSR count).